The molecule has 0 aliphatic carbocycles. The van der Waals surface area contributed by atoms with Gasteiger partial charge in [-0.1, -0.05) is 23.7 Å². The molecule has 0 aromatic heterocycles. The Morgan fingerprint density at radius 2 is 1.80 bits per heavy atom. The normalized spacial score (nSPS) is 18.4. The van der Waals surface area contributed by atoms with Gasteiger partial charge >= 0.3 is 0 Å². The molecule has 25 heavy (non-hydrogen) atoms. The second-order valence-electron chi connectivity index (χ2n) is 6.40. The SMILES string of the molecule is O[C@@H](CN1CCN(c2cccc(Cl)c2)CC1)c1ccc2c(c1)OCO2. The van der Waals surface area contributed by atoms with Crippen LogP contribution >= 0.6 is 11.6 Å². The lowest BCUT2D eigenvalue weighted by molar-refractivity contribution is 0.109. The molecule has 6 heteroatoms. The third-order valence-corrected chi connectivity index (χ3v) is 4.99. The molecule has 2 aliphatic heterocycles. The number of anilines is 1. The van der Waals surface area contributed by atoms with Crippen LogP contribution in [0, 0.1) is 0 Å². The number of halogens is 1. The van der Waals surface area contributed by atoms with Gasteiger partial charge in [0, 0.05) is 43.4 Å². The summed E-state index contributed by atoms with van der Waals surface area (Å²) in [6, 6.07) is 13.6. The minimum atomic E-state index is -0.535. The summed E-state index contributed by atoms with van der Waals surface area (Å²) < 4.78 is 10.7. The largest absolute Gasteiger partial charge is 0.454 e. The minimum absolute atomic E-state index is 0.250. The van der Waals surface area contributed by atoms with E-state index in [0.717, 1.165) is 48.2 Å². The molecule has 0 radical (unpaired) electrons. The maximum Gasteiger partial charge on any atom is 0.231 e. The van der Waals surface area contributed by atoms with Gasteiger partial charge in [0.15, 0.2) is 11.5 Å². The van der Waals surface area contributed by atoms with Crippen LogP contribution in [0.15, 0.2) is 42.5 Å². The number of aliphatic hydroxyl groups is 1. The van der Waals surface area contributed by atoms with Gasteiger partial charge in [0.25, 0.3) is 0 Å². The van der Waals surface area contributed by atoms with E-state index in [0.29, 0.717) is 12.3 Å². The van der Waals surface area contributed by atoms with Crippen molar-refractivity contribution in [2.45, 2.75) is 6.10 Å². The van der Waals surface area contributed by atoms with Crippen molar-refractivity contribution in [1.82, 2.24) is 4.90 Å². The van der Waals surface area contributed by atoms with E-state index in [9.17, 15) is 5.11 Å². The van der Waals surface area contributed by atoms with Crippen LogP contribution in [0.1, 0.15) is 11.7 Å². The van der Waals surface area contributed by atoms with E-state index in [1.807, 2.05) is 36.4 Å². The van der Waals surface area contributed by atoms with Crippen molar-refractivity contribution in [2.24, 2.45) is 0 Å². The van der Waals surface area contributed by atoms with Crippen molar-refractivity contribution in [3.05, 3.63) is 53.1 Å². The molecule has 1 fully saturated rings. The first-order valence-electron chi connectivity index (χ1n) is 8.49. The summed E-state index contributed by atoms with van der Waals surface area (Å²) >= 11 is 6.08. The van der Waals surface area contributed by atoms with Crippen LogP contribution in [0.2, 0.25) is 5.02 Å². The molecule has 4 rings (SSSR count). The van der Waals surface area contributed by atoms with Crippen molar-refractivity contribution in [2.75, 3.05) is 44.4 Å². The van der Waals surface area contributed by atoms with Crippen LogP contribution in [0.3, 0.4) is 0 Å². The third kappa shape index (κ3) is 3.68. The van der Waals surface area contributed by atoms with Gasteiger partial charge in [-0.15, -0.1) is 0 Å². The van der Waals surface area contributed by atoms with Crippen molar-refractivity contribution >= 4 is 17.3 Å². The zero-order chi connectivity index (χ0) is 17.2. The number of benzene rings is 2. The summed E-state index contributed by atoms with van der Waals surface area (Å²) in [7, 11) is 0. The quantitative estimate of drug-likeness (QED) is 0.908. The molecule has 1 saturated heterocycles. The highest BCUT2D eigenvalue weighted by atomic mass is 35.5. The maximum atomic E-state index is 10.6. The number of β-amino-alcohol motifs (C(OH)–C–C–N with tert-alkyl or cyclic N) is 1. The summed E-state index contributed by atoms with van der Waals surface area (Å²) in [5, 5.41) is 11.3. The number of ether oxygens (including phenoxy) is 2. The standard InChI is InChI=1S/C19H21ClN2O3/c20-15-2-1-3-16(11-15)22-8-6-21(7-9-22)12-17(23)14-4-5-18-19(10-14)25-13-24-18/h1-5,10-11,17,23H,6-9,12-13H2/t17-/m0/s1. The molecule has 0 unspecified atom stereocenters. The summed E-state index contributed by atoms with van der Waals surface area (Å²) in [5.74, 6) is 1.45. The summed E-state index contributed by atoms with van der Waals surface area (Å²) in [6.07, 6.45) is -0.535. The van der Waals surface area contributed by atoms with Gasteiger partial charge in [0.2, 0.25) is 6.79 Å². The predicted octanol–water partition coefficient (Wildman–Crippen LogP) is 2.92. The summed E-state index contributed by atoms with van der Waals surface area (Å²) in [5.41, 5.74) is 2.02. The van der Waals surface area contributed by atoms with Crippen molar-refractivity contribution < 1.29 is 14.6 Å². The number of hydrogen-bond acceptors (Lipinski definition) is 5. The monoisotopic (exact) mass is 360 g/mol. The molecule has 0 bridgehead atoms. The second kappa shape index (κ2) is 7.12. The first kappa shape index (κ1) is 16.5. The lowest BCUT2D eigenvalue weighted by atomic mass is 10.1. The molecule has 2 heterocycles. The van der Waals surface area contributed by atoms with E-state index >= 15 is 0 Å². The maximum absolute atomic E-state index is 10.6. The van der Waals surface area contributed by atoms with E-state index in [-0.39, 0.29) is 6.79 Å². The molecule has 2 aliphatic rings. The van der Waals surface area contributed by atoms with Crippen LogP contribution < -0.4 is 14.4 Å². The Morgan fingerprint density at radius 1 is 1.00 bits per heavy atom. The summed E-state index contributed by atoms with van der Waals surface area (Å²) in [4.78, 5) is 4.62. The molecule has 2 aromatic rings. The number of fused-ring (bicyclic) bond motifs is 1. The average molecular weight is 361 g/mol. The molecule has 0 saturated carbocycles. The Hall–Kier alpha value is -1.95. The predicted molar refractivity (Wildman–Crippen MR) is 97.6 cm³/mol. The van der Waals surface area contributed by atoms with Crippen molar-refractivity contribution in [3.8, 4) is 11.5 Å². The first-order chi connectivity index (χ1) is 12.2. The van der Waals surface area contributed by atoms with Gasteiger partial charge in [-0.05, 0) is 35.9 Å². The highest BCUT2D eigenvalue weighted by Crippen LogP contribution is 2.34. The molecule has 1 atom stereocenters. The number of nitrogens with zero attached hydrogens (tertiary/aromatic N) is 2. The fraction of sp³-hybridized carbons (Fsp3) is 0.368. The van der Waals surface area contributed by atoms with E-state index in [2.05, 4.69) is 15.9 Å². The molecule has 0 spiro atoms. The Kier molecular flexibility index (Phi) is 4.70. The Morgan fingerprint density at radius 3 is 2.60 bits per heavy atom. The Balaban J connectivity index is 1.34. The van der Waals surface area contributed by atoms with Gasteiger partial charge in [-0.3, -0.25) is 4.90 Å². The molecular formula is C19H21ClN2O3. The van der Waals surface area contributed by atoms with E-state index in [1.54, 1.807) is 0 Å². The van der Waals surface area contributed by atoms with E-state index in [4.69, 9.17) is 21.1 Å². The smallest absolute Gasteiger partial charge is 0.231 e. The van der Waals surface area contributed by atoms with Gasteiger partial charge in [-0.2, -0.15) is 0 Å². The van der Waals surface area contributed by atoms with E-state index < -0.39 is 6.10 Å². The van der Waals surface area contributed by atoms with Gasteiger partial charge in [0.1, 0.15) is 0 Å². The van der Waals surface area contributed by atoms with Gasteiger partial charge < -0.3 is 19.5 Å². The molecule has 2 aromatic carbocycles. The molecular weight excluding hydrogens is 340 g/mol. The van der Waals surface area contributed by atoms with Crippen LogP contribution in [0.4, 0.5) is 5.69 Å². The summed E-state index contributed by atoms with van der Waals surface area (Å²) in [6.45, 7) is 4.54. The molecule has 0 amide bonds. The van der Waals surface area contributed by atoms with E-state index in [1.165, 1.54) is 0 Å². The van der Waals surface area contributed by atoms with Crippen LogP contribution in [0.25, 0.3) is 0 Å². The van der Waals surface area contributed by atoms with Crippen LogP contribution in [-0.4, -0.2) is 49.5 Å². The fourth-order valence-electron chi connectivity index (χ4n) is 3.33. The zero-order valence-corrected chi connectivity index (χ0v) is 14.7. The zero-order valence-electron chi connectivity index (χ0n) is 13.9. The average Bonchev–Trinajstić information content (AvgIpc) is 3.10. The van der Waals surface area contributed by atoms with Crippen LogP contribution in [-0.2, 0) is 0 Å². The Labute approximate surface area is 152 Å². The Bertz CT molecular complexity index is 747. The van der Waals surface area contributed by atoms with Gasteiger partial charge in [-0.25, -0.2) is 0 Å². The highest BCUT2D eigenvalue weighted by Gasteiger charge is 2.22. The van der Waals surface area contributed by atoms with Crippen molar-refractivity contribution in [1.29, 1.82) is 0 Å². The number of piperazine rings is 1. The minimum Gasteiger partial charge on any atom is -0.454 e. The lowest BCUT2D eigenvalue weighted by Crippen LogP contribution is -2.47. The second-order valence-corrected chi connectivity index (χ2v) is 6.83. The lowest BCUT2D eigenvalue weighted by Gasteiger charge is -2.37. The first-order valence-corrected chi connectivity index (χ1v) is 8.87. The topological polar surface area (TPSA) is 45.2 Å². The van der Waals surface area contributed by atoms with Crippen LogP contribution in [0.5, 0.6) is 11.5 Å². The molecule has 5 nitrogen and oxygen atoms in total. The molecule has 1 N–H and O–H groups in total. The highest BCUT2D eigenvalue weighted by molar-refractivity contribution is 6.30. The van der Waals surface area contributed by atoms with Crippen molar-refractivity contribution in [3.63, 3.8) is 0 Å². The fourth-order valence-corrected chi connectivity index (χ4v) is 3.52. The number of aliphatic hydroxyl groups excluding tert-OH is 1. The number of rotatable bonds is 4. The molecule has 132 valence electrons. The van der Waals surface area contributed by atoms with Gasteiger partial charge in [0.05, 0.1) is 6.10 Å². The number of hydrogen-bond donors (Lipinski definition) is 1. The third-order valence-electron chi connectivity index (χ3n) is 4.76.